The van der Waals surface area contributed by atoms with Gasteiger partial charge in [-0.1, -0.05) is 188 Å². The maximum Gasteiger partial charge on any atom is 0.143 e. The highest BCUT2D eigenvalue weighted by Gasteiger charge is 2.22. The Bertz CT molecular complexity index is 3280. The van der Waals surface area contributed by atoms with Crippen molar-refractivity contribution in [1.29, 1.82) is 0 Å². The van der Waals surface area contributed by atoms with Crippen LogP contribution in [0.15, 0.2) is 241 Å². The summed E-state index contributed by atoms with van der Waals surface area (Å²) in [6.45, 7) is 0. The number of anilines is 3. The van der Waals surface area contributed by atoms with Crippen LogP contribution in [0.5, 0.6) is 0 Å². The summed E-state index contributed by atoms with van der Waals surface area (Å²) in [7, 11) is 0. The average Bonchev–Trinajstić information content (AvgIpc) is 3.72. The van der Waals surface area contributed by atoms with E-state index in [1.54, 1.807) is 0 Å². The third kappa shape index (κ3) is 6.41. The lowest BCUT2D eigenvalue weighted by molar-refractivity contribution is 0.672. The van der Waals surface area contributed by atoms with Gasteiger partial charge in [-0.3, -0.25) is 0 Å². The second-order valence-electron chi connectivity index (χ2n) is 15.3. The zero-order chi connectivity index (χ0) is 39.8. The van der Waals surface area contributed by atoms with Crippen molar-refractivity contribution >= 4 is 49.8 Å². The van der Waals surface area contributed by atoms with Crippen molar-refractivity contribution in [2.24, 2.45) is 0 Å². The molecule has 0 radical (unpaired) electrons. The first-order valence-electron chi connectivity index (χ1n) is 20.5. The molecule has 1 aromatic heterocycles. The zero-order valence-electron chi connectivity index (χ0n) is 32.9. The summed E-state index contributed by atoms with van der Waals surface area (Å²) in [5.41, 5.74) is 16.7. The SMILES string of the molecule is c1ccc(-c2ccc(-c3cccc(N(c4ccc(-c5ccccc5)cc4)c4cccc5oc6c7ccccc7c(-c7cccc(-c8ccccc8)c7)cc6c45)c3)cc2)cc1. The monoisotopic (exact) mass is 765 g/mol. The number of fused-ring (bicyclic) bond motifs is 5. The number of furan rings is 1. The van der Waals surface area contributed by atoms with Crippen molar-refractivity contribution in [3.05, 3.63) is 237 Å². The van der Waals surface area contributed by atoms with Crippen LogP contribution in [0.3, 0.4) is 0 Å². The summed E-state index contributed by atoms with van der Waals surface area (Å²) < 4.78 is 6.90. The van der Waals surface area contributed by atoms with Gasteiger partial charge < -0.3 is 9.32 Å². The van der Waals surface area contributed by atoms with Crippen LogP contribution in [0, 0.1) is 0 Å². The molecule has 282 valence electrons. The molecule has 0 amide bonds. The molecule has 0 aliphatic carbocycles. The molecule has 2 heteroatoms. The van der Waals surface area contributed by atoms with Crippen LogP contribution < -0.4 is 4.90 Å². The fourth-order valence-corrected chi connectivity index (χ4v) is 8.72. The van der Waals surface area contributed by atoms with E-state index in [-0.39, 0.29) is 0 Å². The zero-order valence-corrected chi connectivity index (χ0v) is 32.9. The number of rotatable bonds is 8. The van der Waals surface area contributed by atoms with Gasteiger partial charge in [0.25, 0.3) is 0 Å². The topological polar surface area (TPSA) is 16.4 Å². The summed E-state index contributed by atoms with van der Waals surface area (Å²) in [4.78, 5) is 2.39. The Hall–Kier alpha value is -7.94. The van der Waals surface area contributed by atoms with Gasteiger partial charge in [0.05, 0.1) is 11.1 Å². The van der Waals surface area contributed by atoms with E-state index in [0.717, 1.165) is 60.9 Å². The highest BCUT2D eigenvalue weighted by Crippen LogP contribution is 2.47. The van der Waals surface area contributed by atoms with Crippen LogP contribution in [0.2, 0.25) is 0 Å². The fraction of sp³-hybridized carbons (Fsp3) is 0. The standard InChI is InChI=1S/C58H39NO/c1-4-15-40(16-5-1)43-29-31-45(32-30-43)47-22-13-24-50(38-47)59(49-35-33-44(34-36-49)41-17-6-2-7-18-41)55-27-14-28-56-57(55)54-39-53(51-25-10-11-26-52(51)58(54)60-56)48-23-12-21-46(37-48)42-19-8-3-9-20-42/h1-39H. The van der Waals surface area contributed by atoms with Crippen LogP contribution in [0.1, 0.15) is 0 Å². The molecular formula is C58H39NO. The Kier molecular flexibility index (Phi) is 8.87. The van der Waals surface area contributed by atoms with Crippen molar-refractivity contribution in [3.63, 3.8) is 0 Å². The lowest BCUT2D eigenvalue weighted by Crippen LogP contribution is -2.10. The lowest BCUT2D eigenvalue weighted by Gasteiger charge is -2.27. The molecule has 0 bridgehead atoms. The molecule has 2 nitrogen and oxygen atoms in total. The summed E-state index contributed by atoms with van der Waals surface area (Å²) in [5.74, 6) is 0. The Morgan fingerprint density at radius 3 is 1.40 bits per heavy atom. The minimum atomic E-state index is 0.849. The number of hydrogen-bond acceptors (Lipinski definition) is 2. The average molecular weight is 766 g/mol. The maximum absolute atomic E-state index is 6.90. The quantitative estimate of drug-likeness (QED) is 0.153. The first-order valence-corrected chi connectivity index (χ1v) is 20.5. The highest BCUT2D eigenvalue weighted by molar-refractivity contribution is 6.22. The molecule has 0 atom stereocenters. The van der Waals surface area contributed by atoms with Crippen LogP contribution in [0.4, 0.5) is 17.1 Å². The first kappa shape index (κ1) is 35.2. The second kappa shape index (κ2) is 15.1. The van der Waals surface area contributed by atoms with Crippen LogP contribution >= 0.6 is 0 Å². The van der Waals surface area contributed by atoms with Crippen LogP contribution in [-0.4, -0.2) is 0 Å². The van der Waals surface area contributed by atoms with Gasteiger partial charge in [-0.2, -0.15) is 0 Å². The Balaban J connectivity index is 1.11. The van der Waals surface area contributed by atoms with Gasteiger partial charge in [0.2, 0.25) is 0 Å². The van der Waals surface area contributed by atoms with Crippen molar-refractivity contribution < 1.29 is 4.42 Å². The number of benzene rings is 10. The van der Waals surface area contributed by atoms with Crippen molar-refractivity contribution in [1.82, 2.24) is 0 Å². The Morgan fingerprint density at radius 2 is 0.750 bits per heavy atom. The van der Waals surface area contributed by atoms with Crippen molar-refractivity contribution in [2.75, 3.05) is 4.90 Å². The van der Waals surface area contributed by atoms with Gasteiger partial charge in [0.15, 0.2) is 0 Å². The molecule has 0 N–H and O–H groups in total. The van der Waals surface area contributed by atoms with E-state index in [1.165, 1.54) is 44.5 Å². The predicted molar refractivity (Wildman–Crippen MR) is 253 cm³/mol. The number of nitrogens with zero attached hydrogens (tertiary/aromatic N) is 1. The van der Waals surface area contributed by atoms with Crippen LogP contribution in [-0.2, 0) is 0 Å². The van der Waals surface area contributed by atoms with E-state index in [9.17, 15) is 0 Å². The van der Waals surface area contributed by atoms with E-state index in [0.29, 0.717) is 0 Å². The number of hydrogen-bond donors (Lipinski definition) is 0. The Morgan fingerprint density at radius 1 is 0.283 bits per heavy atom. The molecule has 0 saturated carbocycles. The summed E-state index contributed by atoms with van der Waals surface area (Å²) >= 11 is 0. The molecule has 0 unspecified atom stereocenters. The molecule has 60 heavy (non-hydrogen) atoms. The van der Waals surface area contributed by atoms with E-state index < -0.39 is 0 Å². The largest absolute Gasteiger partial charge is 0.455 e. The highest BCUT2D eigenvalue weighted by atomic mass is 16.3. The first-order chi connectivity index (χ1) is 29.7. The Labute approximate surface area is 349 Å². The minimum absolute atomic E-state index is 0.849. The molecule has 0 aliphatic heterocycles. The molecule has 11 rings (SSSR count). The van der Waals surface area contributed by atoms with Gasteiger partial charge in [-0.05, 0) is 110 Å². The van der Waals surface area contributed by atoms with Gasteiger partial charge in [0, 0.05) is 22.1 Å². The fourth-order valence-electron chi connectivity index (χ4n) is 8.72. The second-order valence-corrected chi connectivity index (χ2v) is 15.3. The normalized spacial score (nSPS) is 11.3. The van der Waals surface area contributed by atoms with E-state index in [4.69, 9.17) is 4.42 Å². The third-order valence-corrected chi connectivity index (χ3v) is 11.7. The molecule has 0 aliphatic rings. The minimum Gasteiger partial charge on any atom is -0.455 e. The third-order valence-electron chi connectivity index (χ3n) is 11.7. The molecule has 11 aromatic rings. The summed E-state index contributed by atoms with van der Waals surface area (Å²) in [6, 6.07) is 84.7. The predicted octanol–water partition coefficient (Wildman–Crippen LogP) is 16.5. The molecule has 10 aromatic carbocycles. The van der Waals surface area contributed by atoms with Gasteiger partial charge in [0.1, 0.15) is 11.2 Å². The summed E-state index contributed by atoms with van der Waals surface area (Å²) in [6.07, 6.45) is 0. The van der Waals surface area contributed by atoms with Gasteiger partial charge in [-0.25, -0.2) is 0 Å². The van der Waals surface area contributed by atoms with Gasteiger partial charge >= 0.3 is 0 Å². The maximum atomic E-state index is 6.90. The van der Waals surface area contributed by atoms with Crippen molar-refractivity contribution in [2.45, 2.75) is 0 Å². The molecule has 0 saturated heterocycles. The van der Waals surface area contributed by atoms with E-state index in [1.807, 2.05) is 0 Å². The molecular weight excluding hydrogens is 727 g/mol. The molecule has 0 spiro atoms. The van der Waals surface area contributed by atoms with E-state index in [2.05, 4.69) is 241 Å². The summed E-state index contributed by atoms with van der Waals surface area (Å²) in [5, 5.41) is 4.41. The van der Waals surface area contributed by atoms with Crippen LogP contribution in [0.25, 0.3) is 88.3 Å². The smallest absolute Gasteiger partial charge is 0.143 e. The molecule has 1 heterocycles. The van der Waals surface area contributed by atoms with Gasteiger partial charge in [-0.15, -0.1) is 0 Å². The molecule has 0 fully saturated rings. The lowest BCUT2D eigenvalue weighted by atomic mass is 9.93. The van der Waals surface area contributed by atoms with Crippen molar-refractivity contribution in [3.8, 4) is 55.6 Å². The van der Waals surface area contributed by atoms with E-state index >= 15 is 0 Å².